The summed E-state index contributed by atoms with van der Waals surface area (Å²) in [6.45, 7) is 4.36. The SMILES string of the molecule is CCC/C=C(\C)c1cccc(-c2cc3cc(-c4cccc(-c5ccccn5)n4)c4ccccc4c3c3ccccc23)n1. The van der Waals surface area contributed by atoms with Gasteiger partial charge in [0.25, 0.3) is 0 Å². The molecule has 0 fully saturated rings. The highest BCUT2D eigenvalue weighted by Crippen LogP contribution is 2.41. The summed E-state index contributed by atoms with van der Waals surface area (Å²) in [7, 11) is 0. The van der Waals surface area contributed by atoms with Gasteiger partial charge in [0.1, 0.15) is 0 Å². The molecule has 42 heavy (non-hydrogen) atoms. The standard InChI is InChI=1S/C39H31N3/c1-3-4-13-26(2)34-19-11-20-35(41-34)32-24-27-25-33(36-21-12-22-38(42-36)37-18-9-10-23-40-37)29-15-6-8-17-31(29)39(27)30-16-7-5-14-28(30)32/h5-25H,3-4H2,1-2H3/b26-13+. The lowest BCUT2D eigenvalue weighted by molar-refractivity contribution is 0.958. The van der Waals surface area contributed by atoms with E-state index in [1.54, 1.807) is 0 Å². The van der Waals surface area contributed by atoms with Gasteiger partial charge in [-0.25, -0.2) is 9.97 Å². The monoisotopic (exact) mass is 541 g/mol. The van der Waals surface area contributed by atoms with Gasteiger partial charge in [0.15, 0.2) is 0 Å². The zero-order valence-electron chi connectivity index (χ0n) is 23.9. The maximum Gasteiger partial charge on any atom is 0.0893 e. The highest BCUT2D eigenvalue weighted by atomic mass is 14.8. The fourth-order valence-corrected chi connectivity index (χ4v) is 5.92. The molecule has 0 radical (unpaired) electrons. The van der Waals surface area contributed by atoms with Crippen LogP contribution in [0.1, 0.15) is 32.4 Å². The average Bonchev–Trinajstić information content (AvgIpc) is 3.06. The molecule has 3 nitrogen and oxygen atoms in total. The molecule has 0 aliphatic rings. The molecule has 0 spiro atoms. The molecule has 202 valence electrons. The number of hydrogen-bond acceptors (Lipinski definition) is 3. The highest BCUT2D eigenvalue weighted by Gasteiger charge is 2.16. The first-order valence-corrected chi connectivity index (χ1v) is 14.6. The van der Waals surface area contributed by atoms with Crippen LogP contribution in [0.2, 0.25) is 0 Å². The molecular weight excluding hydrogens is 510 g/mol. The summed E-state index contributed by atoms with van der Waals surface area (Å²) in [6, 6.07) is 40.5. The molecular formula is C39H31N3. The topological polar surface area (TPSA) is 38.7 Å². The van der Waals surface area contributed by atoms with Crippen LogP contribution in [0.3, 0.4) is 0 Å². The van der Waals surface area contributed by atoms with Crippen molar-refractivity contribution < 1.29 is 0 Å². The van der Waals surface area contributed by atoms with E-state index < -0.39 is 0 Å². The molecule has 3 heterocycles. The van der Waals surface area contributed by atoms with E-state index in [2.05, 4.69) is 116 Å². The third-order valence-electron chi connectivity index (χ3n) is 7.98. The van der Waals surface area contributed by atoms with Crippen LogP contribution in [0, 0.1) is 0 Å². The van der Waals surface area contributed by atoms with Gasteiger partial charge in [-0.15, -0.1) is 0 Å². The first-order valence-electron chi connectivity index (χ1n) is 14.6. The Hall–Kier alpha value is -5.15. The number of pyridine rings is 3. The van der Waals surface area contributed by atoms with Gasteiger partial charge < -0.3 is 0 Å². The predicted molar refractivity (Wildman–Crippen MR) is 177 cm³/mol. The van der Waals surface area contributed by atoms with E-state index in [-0.39, 0.29) is 0 Å². The molecule has 0 saturated carbocycles. The minimum Gasteiger partial charge on any atom is -0.255 e. The van der Waals surface area contributed by atoms with Crippen molar-refractivity contribution in [3.63, 3.8) is 0 Å². The molecule has 0 saturated heterocycles. The summed E-state index contributed by atoms with van der Waals surface area (Å²) >= 11 is 0. The van der Waals surface area contributed by atoms with Gasteiger partial charge in [-0.05, 0) is 99.8 Å². The second kappa shape index (κ2) is 11.0. The van der Waals surface area contributed by atoms with Crippen molar-refractivity contribution in [2.45, 2.75) is 26.7 Å². The van der Waals surface area contributed by atoms with E-state index in [1.165, 1.54) is 37.9 Å². The number of rotatable bonds is 6. The average molecular weight is 542 g/mol. The van der Waals surface area contributed by atoms with Crippen LogP contribution < -0.4 is 0 Å². The number of allylic oxidation sites excluding steroid dienone is 2. The Labute approximate surface area is 246 Å². The number of aromatic nitrogens is 3. The maximum absolute atomic E-state index is 5.15. The predicted octanol–water partition coefficient (Wildman–Crippen LogP) is 10.5. The third kappa shape index (κ3) is 4.63. The summed E-state index contributed by atoms with van der Waals surface area (Å²) in [5, 5.41) is 7.27. The summed E-state index contributed by atoms with van der Waals surface area (Å²) in [5.41, 5.74) is 8.14. The molecule has 0 N–H and O–H groups in total. The van der Waals surface area contributed by atoms with E-state index in [1.807, 2.05) is 30.5 Å². The van der Waals surface area contributed by atoms with Gasteiger partial charge in [-0.2, -0.15) is 0 Å². The summed E-state index contributed by atoms with van der Waals surface area (Å²) in [6.07, 6.45) is 6.28. The Balaban J connectivity index is 1.49. The van der Waals surface area contributed by atoms with E-state index in [0.717, 1.165) is 52.4 Å². The lowest BCUT2D eigenvalue weighted by atomic mass is 9.89. The van der Waals surface area contributed by atoms with Crippen molar-refractivity contribution in [2.24, 2.45) is 0 Å². The van der Waals surface area contributed by atoms with Crippen LogP contribution in [0.25, 0.3) is 71.8 Å². The number of benzene rings is 4. The Morgan fingerprint density at radius 2 is 1.17 bits per heavy atom. The smallest absolute Gasteiger partial charge is 0.0893 e. The normalized spacial score (nSPS) is 11.9. The van der Waals surface area contributed by atoms with E-state index in [0.29, 0.717) is 0 Å². The van der Waals surface area contributed by atoms with E-state index in [9.17, 15) is 0 Å². The van der Waals surface area contributed by atoms with Crippen LogP contribution in [-0.2, 0) is 0 Å². The van der Waals surface area contributed by atoms with Crippen molar-refractivity contribution in [1.29, 1.82) is 0 Å². The quantitative estimate of drug-likeness (QED) is 0.197. The third-order valence-corrected chi connectivity index (χ3v) is 7.98. The zero-order valence-corrected chi connectivity index (χ0v) is 23.9. The van der Waals surface area contributed by atoms with Crippen LogP contribution in [0.5, 0.6) is 0 Å². The number of unbranched alkanes of at least 4 members (excludes halogenated alkanes) is 1. The first kappa shape index (κ1) is 25.8. The molecule has 0 unspecified atom stereocenters. The molecule has 0 bridgehead atoms. The van der Waals surface area contributed by atoms with Crippen LogP contribution >= 0.6 is 0 Å². The molecule has 0 atom stereocenters. The Morgan fingerprint density at radius 1 is 0.595 bits per heavy atom. The van der Waals surface area contributed by atoms with Crippen molar-refractivity contribution in [2.75, 3.05) is 0 Å². The van der Waals surface area contributed by atoms with Crippen molar-refractivity contribution in [1.82, 2.24) is 15.0 Å². The lowest BCUT2D eigenvalue weighted by Crippen LogP contribution is -1.94. The van der Waals surface area contributed by atoms with Crippen molar-refractivity contribution >= 4 is 37.9 Å². The molecule has 3 heteroatoms. The molecule has 0 aliphatic heterocycles. The fourth-order valence-electron chi connectivity index (χ4n) is 5.92. The minimum absolute atomic E-state index is 0.865. The molecule has 3 aromatic heterocycles. The van der Waals surface area contributed by atoms with E-state index in [4.69, 9.17) is 9.97 Å². The van der Waals surface area contributed by atoms with Crippen LogP contribution in [0.15, 0.2) is 128 Å². The van der Waals surface area contributed by atoms with Crippen molar-refractivity contribution in [3.8, 4) is 33.9 Å². The van der Waals surface area contributed by atoms with Gasteiger partial charge in [-0.3, -0.25) is 4.98 Å². The highest BCUT2D eigenvalue weighted by molar-refractivity contribution is 6.25. The number of fused-ring (bicyclic) bond motifs is 5. The zero-order chi connectivity index (χ0) is 28.5. The second-order valence-corrected chi connectivity index (χ2v) is 10.7. The maximum atomic E-state index is 5.15. The van der Waals surface area contributed by atoms with Gasteiger partial charge in [0, 0.05) is 17.3 Å². The van der Waals surface area contributed by atoms with Crippen LogP contribution in [-0.4, -0.2) is 15.0 Å². The summed E-state index contributed by atoms with van der Waals surface area (Å²) in [4.78, 5) is 14.8. The van der Waals surface area contributed by atoms with Gasteiger partial charge in [-0.1, -0.05) is 86.2 Å². The Bertz CT molecular complexity index is 2110. The van der Waals surface area contributed by atoms with Gasteiger partial charge in [0.2, 0.25) is 0 Å². The van der Waals surface area contributed by atoms with E-state index >= 15 is 0 Å². The minimum atomic E-state index is 0.865. The fraction of sp³-hybridized carbons (Fsp3) is 0.103. The molecule has 7 aromatic rings. The largest absolute Gasteiger partial charge is 0.255 e. The summed E-state index contributed by atoms with van der Waals surface area (Å²) < 4.78 is 0. The second-order valence-electron chi connectivity index (χ2n) is 10.7. The number of hydrogen-bond donors (Lipinski definition) is 0. The number of nitrogens with zero attached hydrogens (tertiary/aromatic N) is 3. The Morgan fingerprint density at radius 3 is 1.81 bits per heavy atom. The van der Waals surface area contributed by atoms with Crippen LogP contribution in [0.4, 0.5) is 0 Å². The molecule has 0 amide bonds. The molecule has 7 rings (SSSR count). The molecule has 4 aromatic carbocycles. The van der Waals surface area contributed by atoms with Gasteiger partial charge in [0.05, 0.1) is 28.5 Å². The summed E-state index contributed by atoms with van der Waals surface area (Å²) in [5.74, 6) is 0. The van der Waals surface area contributed by atoms with Gasteiger partial charge >= 0.3 is 0 Å². The Kier molecular flexibility index (Phi) is 6.77. The first-order chi connectivity index (χ1) is 20.7. The lowest BCUT2D eigenvalue weighted by Gasteiger charge is -2.16. The van der Waals surface area contributed by atoms with Crippen molar-refractivity contribution in [3.05, 3.63) is 133 Å². The molecule has 0 aliphatic carbocycles.